The Morgan fingerprint density at radius 3 is 1.72 bits per heavy atom. The van der Waals surface area contributed by atoms with E-state index >= 15 is 0 Å². The number of benzene rings is 2. The summed E-state index contributed by atoms with van der Waals surface area (Å²) in [5.41, 5.74) is 3.95. The highest BCUT2D eigenvalue weighted by atomic mass is 35.5. The Labute approximate surface area is 113 Å². The molecule has 0 unspecified atom stereocenters. The summed E-state index contributed by atoms with van der Waals surface area (Å²) in [6, 6.07) is 19.4. The Balaban J connectivity index is 1.59. The van der Waals surface area contributed by atoms with Gasteiger partial charge >= 0.3 is 0 Å². The van der Waals surface area contributed by atoms with Crippen molar-refractivity contribution in [1.29, 1.82) is 0 Å². The quantitative estimate of drug-likeness (QED) is 0.728. The fraction of sp³-hybridized carbons (Fsp3) is 0.294. The lowest BCUT2D eigenvalue weighted by molar-refractivity contribution is -0.0693. The first-order valence-corrected chi connectivity index (χ1v) is 6.92. The van der Waals surface area contributed by atoms with Crippen molar-refractivity contribution in [2.75, 3.05) is 0 Å². The van der Waals surface area contributed by atoms with Crippen molar-refractivity contribution in [3.63, 3.8) is 0 Å². The second-order valence-corrected chi connectivity index (χ2v) is 6.40. The minimum Gasteiger partial charge on any atom is -0.0843 e. The normalized spacial score (nSPS) is 32.5. The summed E-state index contributed by atoms with van der Waals surface area (Å²) in [7, 11) is 0. The molecule has 3 aliphatic rings. The highest BCUT2D eigenvalue weighted by molar-refractivity contribution is 6.30. The van der Waals surface area contributed by atoms with Crippen LogP contribution < -0.4 is 0 Å². The van der Waals surface area contributed by atoms with Gasteiger partial charge in [-0.05, 0) is 53.4 Å². The van der Waals surface area contributed by atoms with Gasteiger partial charge in [0.15, 0.2) is 0 Å². The van der Waals surface area contributed by atoms with Gasteiger partial charge in [-0.1, -0.05) is 54.1 Å². The van der Waals surface area contributed by atoms with Gasteiger partial charge in [0.05, 0.1) is 0 Å². The molecule has 3 aliphatic carbocycles. The summed E-state index contributed by atoms with van der Waals surface area (Å²) in [4.78, 5) is 0. The van der Waals surface area contributed by atoms with E-state index in [2.05, 4.69) is 42.5 Å². The van der Waals surface area contributed by atoms with Gasteiger partial charge in [-0.15, -0.1) is 0 Å². The van der Waals surface area contributed by atoms with Crippen LogP contribution in [0, 0.1) is 0 Å². The maximum absolute atomic E-state index is 5.96. The molecule has 3 saturated carbocycles. The Kier molecular flexibility index (Phi) is 2.00. The molecule has 0 nitrogen and oxygen atoms in total. The number of rotatable bonds is 2. The molecule has 1 heteroatoms. The molecule has 90 valence electrons. The predicted octanol–water partition coefficient (Wildman–Crippen LogP) is 4.71. The molecule has 0 aliphatic heterocycles. The lowest BCUT2D eigenvalue weighted by Gasteiger charge is -2.71. The number of hydrogen-bond donors (Lipinski definition) is 0. The second kappa shape index (κ2) is 3.39. The molecule has 2 bridgehead atoms. The van der Waals surface area contributed by atoms with Crippen LogP contribution in [0.15, 0.2) is 54.6 Å². The summed E-state index contributed by atoms with van der Waals surface area (Å²) in [6.07, 6.45) is 3.93. The summed E-state index contributed by atoms with van der Waals surface area (Å²) in [5, 5.41) is 0.836. The van der Waals surface area contributed by atoms with E-state index in [0.717, 1.165) is 5.02 Å². The Hall–Kier alpha value is -1.27. The van der Waals surface area contributed by atoms with Gasteiger partial charge in [-0.25, -0.2) is 0 Å². The average molecular weight is 255 g/mol. The predicted molar refractivity (Wildman–Crippen MR) is 75.1 cm³/mol. The van der Waals surface area contributed by atoms with Crippen LogP contribution in [0.25, 0.3) is 0 Å². The lowest BCUT2D eigenvalue weighted by atomic mass is 9.32. The highest BCUT2D eigenvalue weighted by Crippen LogP contribution is 2.73. The van der Waals surface area contributed by atoms with Gasteiger partial charge in [0.25, 0.3) is 0 Å². The first-order valence-electron chi connectivity index (χ1n) is 6.54. The third kappa shape index (κ3) is 1.27. The van der Waals surface area contributed by atoms with Crippen LogP contribution in [0.2, 0.25) is 5.02 Å². The van der Waals surface area contributed by atoms with Crippen LogP contribution in [0.4, 0.5) is 0 Å². The maximum atomic E-state index is 5.96. The first-order chi connectivity index (χ1) is 8.73. The Bertz CT molecular complexity index is 563. The Morgan fingerprint density at radius 2 is 1.17 bits per heavy atom. The zero-order chi connectivity index (χ0) is 12.2. The SMILES string of the molecule is Clc1ccc(C23CC(c4ccccc4)(C2)C3)cc1. The van der Waals surface area contributed by atoms with E-state index in [0.29, 0.717) is 10.8 Å². The van der Waals surface area contributed by atoms with Gasteiger partial charge in [-0.3, -0.25) is 0 Å². The minimum absolute atomic E-state index is 0.459. The molecule has 0 heterocycles. The summed E-state index contributed by atoms with van der Waals surface area (Å²) in [6.45, 7) is 0. The summed E-state index contributed by atoms with van der Waals surface area (Å²) >= 11 is 5.96. The van der Waals surface area contributed by atoms with Crippen molar-refractivity contribution in [3.05, 3.63) is 70.7 Å². The molecule has 0 N–H and O–H groups in total. The molecule has 2 aromatic carbocycles. The zero-order valence-electron chi connectivity index (χ0n) is 10.2. The van der Waals surface area contributed by atoms with Crippen LogP contribution in [0.3, 0.4) is 0 Å². The van der Waals surface area contributed by atoms with Crippen molar-refractivity contribution < 1.29 is 0 Å². The van der Waals surface area contributed by atoms with Crippen LogP contribution >= 0.6 is 11.6 Å². The van der Waals surface area contributed by atoms with E-state index in [1.54, 1.807) is 0 Å². The van der Waals surface area contributed by atoms with Crippen LogP contribution in [-0.4, -0.2) is 0 Å². The molecule has 0 amide bonds. The zero-order valence-corrected chi connectivity index (χ0v) is 11.0. The van der Waals surface area contributed by atoms with E-state index in [1.165, 1.54) is 30.4 Å². The average Bonchev–Trinajstić information content (AvgIpc) is 2.30. The maximum Gasteiger partial charge on any atom is 0.0406 e. The van der Waals surface area contributed by atoms with Crippen molar-refractivity contribution in [3.8, 4) is 0 Å². The summed E-state index contributed by atoms with van der Waals surface area (Å²) < 4.78 is 0. The fourth-order valence-electron chi connectivity index (χ4n) is 4.00. The fourth-order valence-corrected chi connectivity index (χ4v) is 4.12. The van der Waals surface area contributed by atoms with Crippen molar-refractivity contribution in [1.82, 2.24) is 0 Å². The lowest BCUT2D eigenvalue weighted by Crippen LogP contribution is -2.67. The van der Waals surface area contributed by atoms with Gasteiger partial charge in [0, 0.05) is 5.02 Å². The molecule has 5 rings (SSSR count). The molecule has 0 radical (unpaired) electrons. The second-order valence-electron chi connectivity index (χ2n) is 5.96. The third-order valence-corrected chi connectivity index (χ3v) is 5.13. The molecule has 0 atom stereocenters. The van der Waals surface area contributed by atoms with Gasteiger partial charge in [0.2, 0.25) is 0 Å². The Morgan fingerprint density at radius 1 is 0.667 bits per heavy atom. The van der Waals surface area contributed by atoms with Gasteiger partial charge < -0.3 is 0 Å². The molecule has 0 spiro atoms. The number of halogens is 1. The van der Waals surface area contributed by atoms with Crippen LogP contribution in [0.5, 0.6) is 0 Å². The molecular formula is C17H15Cl. The smallest absolute Gasteiger partial charge is 0.0406 e. The molecule has 2 aromatic rings. The van der Waals surface area contributed by atoms with Crippen LogP contribution in [-0.2, 0) is 10.8 Å². The number of hydrogen-bond acceptors (Lipinski definition) is 0. The van der Waals surface area contributed by atoms with Crippen molar-refractivity contribution in [2.45, 2.75) is 30.1 Å². The topological polar surface area (TPSA) is 0 Å². The monoisotopic (exact) mass is 254 g/mol. The molecule has 0 saturated heterocycles. The van der Waals surface area contributed by atoms with Gasteiger partial charge in [-0.2, -0.15) is 0 Å². The van der Waals surface area contributed by atoms with E-state index in [1.807, 2.05) is 12.1 Å². The largest absolute Gasteiger partial charge is 0.0843 e. The standard InChI is InChI=1S/C17H15Cl/c18-15-8-6-14(7-9-15)17-10-16(11-17,12-17)13-4-2-1-3-5-13/h1-9H,10-12H2. The third-order valence-electron chi connectivity index (χ3n) is 4.87. The highest BCUT2D eigenvalue weighted by Gasteiger charge is 2.68. The molecule has 0 aromatic heterocycles. The molecule has 3 fully saturated rings. The minimum atomic E-state index is 0.459. The van der Waals surface area contributed by atoms with Gasteiger partial charge in [0.1, 0.15) is 0 Å². The molecular weight excluding hydrogens is 240 g/mol. The van der Waals surface area contributed by atoms with Crippen LogP contribution in [0.1, 0.15) is 30.4 Å². The van der Waals surface area contributed by atoms with E-state index in [9.17, 15) is 0 Å². The van der Waals surface area contributed by atoms with Crippen molar-refractivity contribution >= 4 is 11.6 Å². The van der Waals surface area contributed by atoms with E-state index in [4.69, 9.17) is 11.6 Å². The van der Waals surface area contributed by atoms with E-state index < -0.39 is 0 Å². The molecule has 18 heavy (non-hydrogen) atoms. The summed E-state index contributed by atoms with van der Waals surface area (Å²) in [5.74, 6) is 0. The first kappa shape index (κ1) is 10.6. The van der Waals surface area contributed by atoms with E-state index in [-0.39, 0.29) is 0 Å². The van der Waals surface area contributed by atoms with Crippen molar-refractivity contribution in [2.24, 2.45) is 0 Å².